The van der Waals surface area contributed by atoms with Gasteiger partial charge >= 0.3 is 0 Å². The first-order valence-electron chi connectivity index (χ1n) is 6.73. The minimum Gasteiger partial charge on any atom is -0.391 e. The summed E-state index contributed by atoms with van der Waals surface area (Å²) in [6.07, 6.45) is 4.78. The van der Waals surface area contributed by atoms with E-state index in [4.69, 9.17) is 0 Å². The van der Waals surface area contributed by atoms with Crippen LogP contribution < -0.4 is 5.32 Å². The number of anilines is 1. The molecule has 2 aromatic heterocycles. The fourth-order valence-corrected chi connectivity index (χ4v) is 2.24. The van der Waals surface area contributed by atoms with Gasteiger partial charge in [-0.15, -0.1) is 0 Å². The third-order valence-electron chi connectivity index (χ3n) is 3.48. The lowest BCUT2D eigenvalue weighted by molar-refractivity contribution is 0.114. The Labute approximate surface area is 113 Å². The third kappa shape index (κ3) is 3.17. The summed E-state index contributed by atoms with van der Waals surface area (Å²) >= 11 is 0. The van der Waals surface area contributed by atoms with E-state index in [2.05, 4.69) is 34.1 Å². The van der Waals surface area contributed by atoms with Crippen LogP contribution in [0.2, 0.25) is 0 Å². The first-order chi connectivity index (χ1) is 9.26. The molecule has 0 bridgehead atoms. The van der Waals surface area contributed by atoms with Crippen molar-refractivity contribution in [1.82, 2.24) is 15.0 Å². The van der Waals surface area contributed by atoms with E-state index in [1.807, 2.05) is 12.1 Å². The number of aromatic nitrogens is 3. The topological polar surface area (TPSA) is 70.9 Å². The molecule has 102 valence electrons. The summed E-state index contributed by atoms with van der Waals surface area (Å²) in [4.78, 5) is 12.5. The molecular weight excluding hydrogens is 240 g/mol. The molecule has 5 nitrogen and oxygen atoms in total. The zero-order chi connectivity index (χ0) is 13.7. The number of nitrogens with zero attached hydrogens (tertiary/aromatic N) is 3. The maximum atomic E-state index is 10.1. The van der Waals surface area contributed by atoms with Crippen LogP contribution in [-0.2, 0) is 0 Å². The first-order valence-corrected chi connectivity index (χ1v) is 6.73. The van der Waals surface area contributed by atoms with Crippen molar-refractivity contribution in [3.05, 3.63) is 24.7 Å². The molecule has 0 aromatic carbocycles. The highest BCUT2D eigenvalue weighted by Gasteiger charge is 2.15. The summed E-state index contributed by atoms with van der Waals surface area (Å²) in [7, 11) is 0. The highest BCUT2D eigenvalue weighted by atomic mass is 16.3. The van der Waals surface area contributed by atoms with Crippen LogP contribution in [0, 0.1) is 5.92 Å². The standard InChI is InChI=1S/C14H20N4O/c1-3-10(4-2)12(19)8-16-14-11-6-5-7-15-13(11)17-9-18-14/h5-7,9-10,12,19H,3-4,8H2,1-2H3,(H,15,16,17,18). The summed E-state index contributed by atoms with van der Waals surface area (Å²) in [6, 6.07) is 3.78. The second-order valence-corrected chi connectivity index (χ2v) is 4.62. The fraction of sp³-hybridized carbons (Fsp3) is 0.500. The van der Waals surface area contributed by atoms with E-state index in [-0.39, 0.29) is 6.10 Å². The van der Waals surface area contributed by atoms with E-state index < -0.39 is 0 Å². The van der Waals surface area contributed by atoms with Crippen molar-refractivity contribution in [1.29, 1.82) is 0 Å². The van der Waals surface area contributed by atoms with Crippen LogP contribution in [0.1, 0.15) is 26.7 Å². The molecule has 0 amide bonds. The molecule has 1 atom stereocenters. The van der Waals surface area contributed by atoms with E-state index in [1.54, 1.807) is 6.20 Å². The second kappa shape index (κ2) is 6.43. The smallest absolute Gasteiger partial charge is 0.164 e. The van der Waals surface area contributed by atoms with Gasteiger partial charge in [0.05, 0.1) is 11.5 Å². The lowest BCUT2D eigenvalue weighted by Gasteiger charge is -2.20. The van der Waals surface area contributed by atoms with Gasteiger partial charge in [0.25, 0.3) is 0 Å². The van der Waals surface area contributed by atoms with Crippen molar-refractivity contribution < 1.29 is 5.11 Å². The maximum Gasteiger partial charge on any atom is 0.164 e. The summed E-state index contributed by atoms with van der Waals surface area (Å²) < 4.78 is 0. The summed E-state index contributed by atoms with van der Waals surface area (Å²) in [5.41, 5.74) is 0.664. The predicted octanol–water partition coefficient (Wildman–Crippen LogP) is 2.23. The lowest BCUT2D eigenvalue weighted by atomic mass is 9.96. The van der Waals surface area contributed by atoms with E-state index in [1.165, 1.54) is 6.33 Å². The molecule has 2 heterocycles. The van der Waals surface area contributed by atoms with Crippen LogP contribution in [0.5, 0.6) is 0 Å². The molecule has 0 saturated carbocycles. The SMILES string of the molecule is CCC(CC)C(O)CNc1ncnc2ncccc12. The maximum absolute atomic E-state index is 10.1. The van der Waals surface area contributed by atoms with Gasteiger partial charge in [-0.05, 0) is 18.1 Å². The summed E-state index contributed by atoms with van der Waals surface area (Å²) in [5.74, 6) is 1.04. The third-order valence-corrected chi connectivity index (χ3v) is 3.48. The number of hydrogen-bond donors (Lipinski definition) is 2. The highest BCUT2D eigenvalue weighted by molar-refractivity contribution is 5.85. The van der Waals surface area contributed by atoms with Gasteiger partial charge in [0, 0.05) is 12.7 Å². The molecule has 0 aliphatic rings. The lowest BCUT2D eigenvalue weighted by Crippen LogP contribution is -2.28. The molecule has 2 rings (SSSR count). The Morgan fingerprint density at radius 2 is 2.00 bits per heavy atom. The minimum atomic E-state index is -0.364. The van der Waals surface area contributed by atoms with Crippen LogP contribution in [-0.4, -0.2) is 32.7 Å². The Hall–Kier alpha value is -1.75. The van der Waals surface area contributed by atoms with Crippen molar-refractivity contribution in [2.24, 2.45) is 5.92 Å². The Morgan fingerprint density at radius 1 is 1.21 bits per heavy atom. The van der Waals surface area contributed by atoms with E-state index in [0.717, 1.165) is 24.0 Å². The van der Waals surface area contributed by atoms with E-state index >= 15 is 0 Å². The molecule has 0 aliphatic carbocycles. The quantitative estimate of drug-likeness (QED) is 0.833. The molecule has 0 aliphatic heterocycles. The van der Waals surface area contributed by atoms with Gasteiger partial charge in [0.1, 0.15) is 12.1 Å². The normalized spacial score (nSPS) is 12.8. The minimum absolute atomic E-state index is 0.318. The zero-order valence-corrected chi connectivity index (χ0v) is 11.4. The molecule has 0 fully saturated rings. The predicted molar refractivity (Wildman–Crippen MR) is 75.9 cm³/mol. The van der Waals surface area contributed by atoms with Crippen molar-refractivity contribution >= 4 is 16.9 Å². The molecule has 0 spiro atoms. The molecular formula is C14H20N4O. The Kier molecular flexibility index (Phi) is 4.63. The van der Waals surface area contributed by atoms with Crippen LogP contribution in [0.15, 0.2) is 24.7 Å². The van der Waals surface area contributed by atoms with Gasteiger partial charge in [-0.3, -0.25) is 0 Å². The number of rotatable bonds is 6. The van der Waals surface area contributed by atoms with Gasteiger partial charge in [0.15, 0.2) is 5.65 Å². The zero-order valence-electron chi connectivity index (χ0n) is 11.4. The van der Waals surface area contributed by atoms with Gasteiger partial charge in [0.2, 0.25) is 0 Å². The fourth-order valence-electron chi connectivity index (χ4n) is 2.24. The number of pyridine rings is 1. The molecule has 1 unspecified atom stereocenters. The number of fused-ring (bicyclic) bond motifs is 1. The van der Waals surface area contributed by atoms with Crippen LogP contribution in [0.3, 0.4) is 0 Å². The molecule has 0 radical (unpaired) electrons. The first kappa shape index (κ1) is 13.7. The number of nitrogens with one attached hydrogen (secondary N) is 1. The van der Waals surface area contributed by atoms with Crippen LogP contribution in [0.25, 0.3) is 11.0 Å². The highest BCUT2D eigenvalue weighted by Crippen LogP contribution is 2.18. The van der Waals surface area contributed by atoms with Crippen molar-refractivity contribution in [3.8, 4) is 0 Å². The van der Waals surface area contributed by atoms with Crippen molar-refractivity contribution in [2.45, 2.75) is 32.8 Å². The van der Waals surface area contributed by atoms with Gasteiger partial charge in [-0.25, -0.2) is 15.0 Å². The van der Waals surface area contributed by atoms with Crippen LogP contribution >= 0.6 is 0 Å². The number of aliphatic hydroxyl groups is 1. The van der Waals surface area contributed by atoms with Gasteiger partial charge < -0.3 is 10.4 Å². The van der Waals surface area contributed by atoms with Crippen LogP contribution in [0.4, 0.5) is 5.82 Å². The second-order valence-electron chi connectivity index (χ2n) is 4.62. The van der Waals surface area contributed by atoms with Gasteiger partial charge in [-0.2, -0.15) is 0 Å². The van der Waals surface area contributed by atoms with Gasteiger partial charge in [-0.1, -0.05) is 26.7 Å². The molecule has 2 N–H and O–H groups in total. The molecule has 2 aromatic rings. The number of hydrogen-bond acceptors (Lipinski definition) is 5. The molecule has 19 heavy (non-hydrogen) atoms. The monoisotopic (exact) mass is 260 g/mol. The van der Waals surface area contributed by atoms with E-state index in [9.17, 15) is 5.11 Å². The summed E-state index contributed by atoms with van der Waals surface area (Å²) in [5, 5.41) is 14.2. The molecule has 0 saturated heterocycles. The van der Waals surface area contributed by atoms with E-state index in [0.29, 0.717) is 18.1 Å². The Morgan fingerprint density at radius 3 is 2.74 bits per heavy atom. The molecule has 5 heteroatoms. The van der Waals surface area contributed by atoms with Crippen molar-refractivity contribution in [2.75, 3.05) is 11.9 Å². The summed E-state index contributed by atoms with van der Waals surface area (Å²) in [6.45, 7) is 4.69. The average Bonchev–Trinajstić information content (AvgIpc) is 2.46. The Bertz CT molecular complexity index is 522. The Balaban J connectivity index is 2.09. The van der Waals surface area contributed by atoms with Crippen molar-refractivity contribution in [3.63, 3.8) is 0 Å². The number of aliphatic hydroxyl groups excluding tert-OH is 1. The average molecular weight is 260 g/mol. The largest absolute Gasteiger partial charge is 0.391 e.